The maximum atomic E-state index is 12.7. The summed E-state index contributed by atoms with van der Waals surface area (Å²) in [4.78, 5) is 26.3. The SMILES string of the molecule is O=C(Nc1nnc(C2CC2)s1)c1ccc(Cl)cc1N1CCCC1=O. The molecule has 2 aliphatic rings. The van der Waals surface area contributed by atoms with E-state index in [0.29, 0.717) is 40.3 Å². The third-order valence-electron chi connectivity index (χ3n) is 4.16. The van der Waals surface area contributed by atoms with E-state index in [-0.39, 0.29) is 11.8 Å². The van der Waals surface area contributed by atoms with Gasteiger partial charge in [-0.15, -0.1) is 10.2 Å². The molecule has 0 bridgehead atoms. The second-order valence-corrected chi connectivity index (χ2v) is 7.43. The molecule has 24 heavy (non-hydrogen) atoms. The lowest BCUT2D eigenvalue weighted by atomic mass is 10.1. The molecular weight excluding hydrogens is 348 g/mol. The lowest BCUT2D eigenvalue weighted by molar-refractivity contribution is -0.117. The number of nitrogens with zero attached hydrogens (tertiary/aromatic N) is 3. The van der Waals surface area contributed by atoms with Gasteiger partial charge < -0.3 is 4.90 Å². The van der Waals surface area contributed by atoms with Gasteiger partial charge in [-0.2, -0.15) is 0 Å². The van der Waals surface area contributed by atoms with E-state index in [9.17, 15) is 9.59 Å². The van der Waals surface area contributed by atoms with Crippen LogP contribution in [0, 0.1) is 0 Å². The van der Waals surface area contributed by atoms with Crippen molar-refractivity contribution in [2.75, 3.05) is 16.8 Å². The summed E-state index contributed by atoms with van der Waals surface area (Å²) in [6.45, 7) is 0.601. The number of nitrogens with one attached hydrogen (secondary N) is 1. The van der Waals surface area contributed by atoms with Crippen LogP contribution in [0.5, 0.6) is 0 Å². The molecule has 2 aromatic rings. The smallest absolute Gasteiger partial charge is 0.259 e. The Morgan fingerprint density at radius 1 is 1.33 bits per heavy atom. The third kappa shape index (κ3) is 3.01. The summed E-state index contributed by atoms with van der Waals surface area (Å²) in [6, 6.07) is 4.95. The van der Waals surface area contributed by atoms with Gasteiger partial charge in [0.25, 0.3) is 5.91 Å². The Hall–Kier alpha value is -1.99. The number of carbonyl (C=O) groups excluding carboxylic acids is 2. The first-order chi connectivity index (χ1) is 11.6. The van der Waals surface area contributed by atoms with E-state index in [4.69, 9.17) is 11.6 Å². The van der Waals surface area contributed by atoms with Crippen LogP contribution in [0.25, 0.3) is 0 Å². The van der Waals surface area contributed by atoms with E-state index in [1.807, 2.05) is 0 Å². The number of anilines is 2. The zero-order chi connectivity index (χ0) is 16.7. The van der Waals surface area contributed by atoms with Crippen LogP contribution in [0.15, 0.2) is 18.2 Å². The predicted octanol–water partition coefficient (Wildman–Crippen LogP) is 3.45. The minimum absolute atomic E-state index is 0.0123. The van der Waals surface area contributed by atoms with Crippen LogP contribution in [0.2, 0.25) is 5.02 Å². The number of benzene rings is 1. The topological polar surface area (TPSA) is 75.2 Å². The predicted molar refractivity (Wildman–Crippen MR) is 92.9 cm³/mol. The molecule has 4 rings (SSSR count). The molecule has 2 heterocycles. The molecule has 1 aliphatic carbocycles. The van der Waals surface area contributed by atoms with Crippen LogP contribution < -0.4 is 10.2 Å². The molecule has 1 aromatic heterocycles. The van der Waals surface area contributed by atoms with Crippen molar-refractivity contribution < 1.29 is 9.59 Å². The van der Waals surface area contributed by atoms with E-state index >= 15 is 0 Å². The molecule has 0 atom stereocenters. The minimum atomic E-state index is -0.306. The van der Waals surface area contributed by atoms with E-state index in [1.54, 1.807) is 23.1 Å². The highest BCUT2D eigenvalue weighted by molar-refractivity contribution is 7.15. The monoisotopic (exact) mass is 362 g/mol. The normalized spacial score (nSPS) is 17.4. The summed E-state index contributed by atoms with van der Waals surface area (Å²) >= 11 is 7.47. The second-order valence-electron chi connectivity index (χ2n) is 5.98. The highest BCUT2D eigenvalue weighted by Crippen LogP contribution is 2.42. The summed E-state index contributed by atoms with van der Waals surface area (Å²) in [6.07, 6.45) is 3.56. The van der Waals surface area contributed by atoms with Crippen molar-refractivity contribution in [2.24, 2.45) is 0 Å². The summed E-state index contributed by atoms with van der Waals surface area (Å²) in [5.74, 6) is 0.208. The Morgan fingerprint density at radius 3 is 2.88 bits per heavy atom. The number of aromatic nitrogens is 2. The van der Waals surface area contributed by atoms with E-state index in [0.717, 1.165) is 24.3 Å². The maximum absolute atomic E-state index is 12.7. The summed E-state index contributed by atoms with van der Waals surface area (Å²) < 4.78 is 0. The van der Waals surface area contributed by atoms with Crippen LogP contribution in [-0.4, -0.2) is 28.6 Å². The lowest BCUT2D eigenvalue weighted by Crippen LogP contribution is -2.27. The Bertz CT molecular complexity index is 818. The Kier molecular flexibility index (Phi) is 3.97. The summed E-state index contributed by atoms with van der Waals surface area (Å²) in [5.41, 5.74) is 0.965. The molecule has 0 spiro atoms. The number of rotatable bonds is 4. The number of amides is 2. The van der Waals surface area contributed by atoms with Crippen molar-refractivity contribution in [3.05, 3.63) is 33.8 Å². The minimum Gasteiger partial charge on any atom is -0.312 e. The first-order valence-electron chi connectivity index (χ1n) is 7.86. The van der Waals surface area contributed by atoms with Gasteiger partial charge in [0.1, 0.15) is 5.01 Å². The summed E-state index contributed by atoms with van der Waals surface area (Å²) in [5, 5.41) is 12.9. The van der Waals surface area contributed by atoms with Gasteiger partial charge in [-0.25, -0.2) is 0 Å². The fourth-order valence-electron chi connectivity index (χ4n) is 2.77. The number of hydrogen-bond acceptors (Lipinski definition) is 5. The van der Waals surface area contributed by atoms with Crippen LogP contribution in [0.3, 0.4) is 0 Å². The van der Waals surface area contributed by atoms with Gasteiger partial charge >= 0.3 is 0 Å². The Labute approximate surface area is 147 Å². The highest BCUT2D eigenvalue weighted by atomic mass is 35.5. The first kappa shape index (κ1) is 15.5. The largest absolute Gasteiger partial charge is 0.312 e. The number of hydrogen-bond donors (Lipinski definition) is 1. The number of carbonyl (C=O) groups is 2. The van der Waals surface area contributed by atoms with Crippen molar-refractivity contribution >= 4 is 45.6 Å². The van der Waals surface area contributed by atoms with Crippen molar-refractivity contribution in [1.29, 1.82) is 0 Å². The Balaban J connectivity index is 1.59. The van der Waals surface area contributed by atoms with Crippen molar-refractivity contribution in [2.45, 2.75) is 31.6 Å². The first-order valence-corrected chi connectivity index (χ1v) is 9.06. The van der Waals surface area contributed by atoms with Gasteiger partial charge in [0.15, 0.2) is 0 Å². The summed E-state index contributed by atoms with van der Waals surface area (Å²) in [7, 11) is 0. The molecule has 8 heteroatoms. The van der Waals surface area contributed by atoms with Crippen molar-refractivity contribution in [3.8, 4) is 0 Å². The lowest BCUT2D eigenvalue weighted by Gasteiger charge is -2.19. The average Bonchev–Trinajstić information content (AvgIpc) is 3.16. The molecule has 1 N–H and O–H groups in total. The zero-order valence-electron chi connectivity index (χ0n) is 12.8. The molecular formula is C16H15ClN4O2S. The standard InChI is InChI=1S/C16H15ClN4O2S/c17-10-5-6-11(12(8-10)21-7-1-2-13(21)22)14(23)18-16-20-19-15(24-16)9-3-4-9/h5-6,8-9H,1-4,7H2,(H,18,20,23). The van der Waals surface area contributed by atoms with Crippen molar-refractivity contribution in [1.82, 2.24) is 10.2 Å². The highest BCUT2D eigenvalue weighted by Gasteiger charge is 2.29. The molecule has 6 nitrogen and oxygen atoms in total. The molecule has 1 aromatic carbocycles. The molecule has 2 fully saturated rings. The second kappa shape index (κ2) is 6.14. The molecule has 0 radical (unpaired) electrons. The molecule has 0 unspecified atom stereocenters. The van der Waals surface area contributed by atoms with E-state index in [1.165, 1.54) is 11.3 Å². The molecule has 2 amide bonds. The molecule has 1 saturated heterocycles. The van der Waals surface area contributed by atoms with Crippen molar-refractivity contribution in [3.63, 3.8) is 0 Å². The van der Waals surface area contributed by atoms with Crippen LogP contribution in [0.4, 0.5) is 10.8 Å². The number of halogens is 1. The van der Waals surface area contributed by atoms with Crippen LogP contribution in [-0.2, 0) is 4.79 Å². The van der Waals surface area contributed by atoms with Gasteiger partial charge in [-0.05, 0) is 37.5 Å². The fraction of sp³-hybridized carbons (Fsp3) is 0.375. The molecule has 1 saturated carbocycles. The van der Waals surface area contributed by atoms with Crippen LogP contribution >= 0.6 is 22.9 Å². The van der Waals surface area contributed by atoms with Gasteiger partial charge in [0.05, 0.1) is 11.3 Å². The van der Waals surface area contributed by atoms with E-state index < -0.39 is 0 Å². The van der Waals surface area contributed by atoms with Gasteiger partial charge in [0.2, 0.25) is 11.0 Å². The van der Waals surface area contributed by atoms with Gasteiger partial charge in [0, 0.05) is 23.9 Å². The average molecular weight is 363 g/mol. The zero-order valence-corrected chi connectivity index (χ0v) is 14.4. The van der Waals surface area contributed by atoms with Gasteiger partial charge in [-0.1, -0.05) is 22.9 Å². The van der Waals surface area contributed by atoms with Gasteiger partial charge in [-0.3, -0.25) is 14.9 Å². The van der Waals surface area contributed by atoms with Crippen LogP contribution in [0.1, 0.15) is 47.0 Å². The molecule has 124 valence electrons. The third-order valence-corrected chi connectivity index (χ3v) is 5.39. The maximum Gasteiger partial charge on any atom is 0.259 e. The fourth-order valence-corrected chi connectivity index (χ4v) is 3.84. The van der Waals surface area contributed by atoms with E-state index in [2.05, 4.69) is 15.5 Å². The quantitative estimate of drug-likeness (QED) is 0.903. The Morgan fingerprint density at radius 2 is 2.17 bits per heavy atom. The molecule has 1 aliphatic heterocycles.